The summed E-state index contributed by atoms with van der Waals surface area (Å²) in [6.45, 7) is 0.467. The summed E-state index contributed by atoms with van der Waals surface area (Å²) < 4.78 is 8.21. The van der Waals surface area contributed by atoms with E-state index >= 15 is 0 Å². The van der Waals surface area contributed by atoms with Gasteiger partial charge in [-0.15, -0.1) is 0 Å². The molecule has 1 aromatic carbocycles. The molecule has 0 bridgehead atoms. The molecule has 2 aromatic heterocycles. The number of imidazole rings is 1. The third-order valence-corrected chi connectivity index (χ3v) is 3.36. The highest BCUT2D eigenvalue weighted by Gasteiger charge is 2.11. The fraction of sp³-hybridized carbons (Fsp3) is 0.214. The van der Waals surface area contributed by atoms with Gasteiger partial charge in [-0.25, -0.2) is 9.78 Å². The molecule has 3 aromatic rings. The van der Waals surface area contributed by atoms with Gasteiger partial charge in [-0.1, -0.05) is 12.1 Å². The zero-order valence-electron chi connectivity index (χ0n) is 11.7. The van der Waals surface area contributed by atoms with Crippen LogP contribution in [0.15, 0.2) is 40.2 Å². The monoisotopic (exact) mass is 286 g/mol. The number of rotatable bonds is 3. The summed E-state index contributed by atoms with van der Waals surface area (Å²) in [7, 11) is 3.18. The minimum atomic E-state index is -0.473. The first-order valence-corrected chi connectivity index (χ1v) is 6.37. The van der Waals surface area contributed by atoms with Gasteiger partial charge in [-0.05, 0) is 17.7 Å². The maximum absolute atomic E-state index is 12.0. The van der Waals surface area contributed by atoms with E-state index in [-0.39, 0.29) is 0 Å². The maximum atomic E-state index is 12.0. The predicted molar refractivity (Wildman–Crippen MR) is 77.7 cm³/mol. The second-order valence-corrected chi connectivity index (χ2v) is 4.71. The smallest absolute Gasteiger partial charge is 0.329 e. The highest BCUT2D eigenvalue weighted by atomic mass is 16.5. The van der Waals surface area contributed by atoms with Crippen LogP contribution in [0.5, 0.6) is 5.75 Å². The lowest BCUT2D eigenvalue weighted by Gasteiger charge is -2.06. The van der Waals surface area contributed by atoms with Gasteiger partial charge in [0.25, 0.3) is 5.56 Å². The summed E-state index contributed by atoms with van der Waals surface area (Å²) in [6, 6.07) is 7.56. The number of benzene rings is 1. The van der Waals surface area contributed by atoms with Crippen molar-refractivity contribution in [3.05, 3.63) is 57.0 Å². The average Bonchev–Trinajstić information content (AvgIpc) is 2.89. The molecule has 108 valence electrons. The average molecular weight is 286 g/mol. The molecule has 21 heavy (non-hydrogen) atoms. The number of aryl methyl sites for hydroxylation is 1. The molecule has 0 saturated heterocycles. The number of methoxy groups -OCH3 is 1. The molecule has 0 aliphatic carbocycles. The van der Waals surface area contributed by atoms with E-state index < -0.39 is 11.2 Å². The summed E-state index contributed by atoms with van der Waals surface area (Å²) in [5.41, 5.74) is 0.807. The molecule has 7 nitrogen and oxygen atoms in total. The van der Waals surface area contributed by atoms with Gasteiger partial charge in [0.2, 0.25) is 0 Å². The number of aromatic nitrogens is 4. The molecule has 3 rings (SSSR count). The Labute approximate surface area is 119 Å². The Hall–Kier alpha value is -2.83. The van der Waals surface area contributed by atoms with Crippen molar-refractivity contribution in [1.82, 2.24) is 19.1 Å². The Morgan fingerprint density at radius 3 is 2.90 bits per heavy atom. The van der Waals surface area contributed by atoms with Gasteiger partial charge in [0, 0.05) is 13.6 Å². The number of fused-ring (bicyclic) bond motifs is 1. The third kappa shape index (κ3) is 2.22. The molecule has 0 unspecified atom stereocenters. The Kier molecular flexibility index (Phi) is 3.09. The van der Waals surface area contributed by atoms with E-state index in [0.29, 0.717) is 17.7 Å². The van der Waals surface area contributed by atoms with Crippen LogP contribution in [0.2, 0.25) is 0 Å². The lowest BCUT2D eigenvalue weighted by molar-refractivity contribution is 0.414. The molecule has 0 aliphatic rings. The molecule has 0 atom stereocenters. The van der Waals surface area contributed by atoms with Crippen LogP contribution < -0.4 is 16.0 Å². The standard InChI is InChI=1S/C14H14N4O3/c1-17-12-11(13(19)16-14(17)20)18(8-15-12)7-9-4-3-5-10(6-9)21-2/h3-6,8H,7H2,1-2H3,(H,16,19,20). The highest BCUT2D eigenvalue weighted by molar-refractivity contribution is 5.69. The van der Waals surface area contributed by atoms with Gasteiger partial charge in [0.05, 0.1) is 13.4 Å². The molecule has 2 heterocycles. The fourth-order valence-corrected chi connectivity index (χ4v) is 2.27. The molecule has 0 saturated carbocycles. The van der Waals surface area contributed by atoms with Crippen LogP contribution >= 0.6 is 0 Å². The molecule has 0 fully saturated rings. The van der Waals surface area contributed by atoms with Gasteiger partial charge >= 0.3 is 5.69 Å². The van der Waals surface area contributed by atoms with Crippen LogP contribution in [0.4, 0.5) is 0 Å². The van der Waals surface area contributed by atoms with E-state index in [9.17, 15) is 9.59 Å². The first-order valence-electron chi connectivity index (χ1n) is 6.37. The Morgan fingerprint density at radius 2 is 2.14 bits per heavy atom. The van der Waals surface area contributed by atoms with E-state index in [1.807, 2.05) is 24.3 Å². The summed E-state index contributed by atoms with van der Waals surface area (Å²) in [5.74, 6) is 0.748. The molecule has 0 amide bonds. The van der Waals surface area contributed by atoms with Crippen LogP contribution in [-0.4, -0.2) is 26.2 Å². The molecular formula is C14H14N4O3. The fourth-order valence-electron chi connectivity index (χ4n) is 2.27. The second-order valence-electron chi connectivity index (χ2n) is 4.71. The zero-order chi connectivity index (χ0) is 15.0. The maximum Gasteiger partial charge on any atom is 0.329 e. The summed E-state index contributed by atoms with van der Waals surface area (Å²) in [4.78, 5) is 30.0. The molecule has 0 radical (unpaired) electrons. The van der Waals surface area contributed by atoms with Crippen LogP contribution in [0.25, 0.3) is 11.2 Å². The molecule has 0 spiro atoms. The van der Waals surface area contributed by atoms with Crippen molar-refractivity contribution in [3.63, 3.8) is 0 Å². The van der Waals surface area contributed by atoms with Gasteiger partial charge in [0.1, 0.15) is 5.75 Å². The Morgan fingerprint density at radius 1 is 1.33 bits per heavy atom. The first-order chi connectivity index (χ1) is 10.1. The van der Waals surface area contributed by atoms with Crippen LogP contribution in [0, 0.1) is 0 Å². The molecule has 0 aliphatic heterocycles. The van der Waals surface area contributed by atoms with E-state index in [4.69, 9.17) is 4.74 Å². The Balaban J connectivity index is 2.11. The number of nitrogens with zero attached hydrogens (tertiary/aromatic N) is 3. The van der Waals surface area contributed by atoms with Crippen molar-refractivity contribution < 1.29 is 4.74 Å². The van der Waals surface area contributed by atoms with Crippen molar-refractivity contribution in [2.75, 3.05) is 7.11 Å². The van der Waals surface area contributed by atoms with Gasteiger partial charge < -0.3 is 9.30 Å². The minimum Gasteiger partial charge on any atom is -0.497 e. The largest absolute Gasteiger partial charge is 0.497 e. The lowest BCUT2D eigenvalue weighted by Crippen LogP contribution is -2.29. The molecule has 1 N–H and O–H groups in total. The third-order valence-electron chi connectivity index (χ3n) is 3.36. The molecular weight excluding hydrogens is 272 g/mol. The predicted octanol–water partition coefficient (Wildman–Crippen LogP) is 0.480. The van der Waals surface area contributed by atoms with Crippen molar-refractivity contribution in [2.45, 2.75) is 6.54 Å². The Bertz CT molecular complexity index is 920. The van der Waals surface area contributed by atoms with E-state index in [2.05, 4.69) is 9.97 Å². The van der Waals surface area contributed by atoms with Crippen LogP contribution in [-0.2, 0) is 13.6 Å². The van der Waals surface area contributed by atoms with Crippen molar-refractivity contribution in [2.24, 2.45) is 7.05 Å². The quantitative estimate of drug-likeness (QED) is 0.759. The lowest BCUT2D eigenvalue weighted by atomic mass is 10.2. The van der Waals surface area contributed by atoms with Crippen LogP contribution in [0.3, 0.4) is 0 Å². The first kappa shape index (κ1) is 13.2. The highest BCUT2D eigenvalue weighted by Crippen LogP contribution is 2.15. The van der Waals surface area contributed by atoms with Gasteiger partial charge in [-0.2, -0.15) is 0 Å². The van der Waals surface area contributed by atoms with E-state index in [1.54, 1.807) is 25.1 Å². The number of hydrogen-bond acceptors (Lipinski definition) is 4. The summed E-state index contributed by atoms with van der Waals surface area (Å²) >= 11 is 0. The van der Waals surface area contributed by atoms with Crippen molar-refractivity contribution in [3.8, 4) is 5.75 Å². The number of aromatic amines is 1. The van der Waals surface area contributed by atoms with E-state index in [1.165, 1.54) is 4.57 Å². The summed E-state index contributed by atoms with van der Waals surface area (Å²) in [6.07, 6.45) is 1.55. The van der Waals surface area contributed by atoms with Crippen molar-refractivity contribution >= 4 is 11.2 Å². The summed E-state index contributed by atoms with van der Waals surface area (Å²) in [5, 5.41) is 0. The molecule has 7 heteroatoms. The number of hydrogen-bond donors (Lipinski definition) is 1. The van der Waals surface area contributed by atoms with Gasteiger partial charge in [-0.3, -0.25) is 14.3 Å². The van der Waals surface area contributed by atoms with Crippen molar-refractivity contribution in [1.29, 1.82) is 0 Å². The topological polar surface area (TPSA) is 81.9 Å². The number of H-pyrrole nitrogens is 1. The van der Waals surface area contributed by atoms with Crippen LogP contribution in [0.1, 0.15) is 5.56 Å². The number of nitrogens with one attached hydrogen (secondary N) is 1. The zero-order valence-corrected chi connectivity index (χ0v) is 11.7. The number of ether oxygens (including phenoxy) is 1. The second kappa shape index (κ2) is 4.93. The van der Waals surface area contributed by atoms with Gasteiger partial charge in [0.15, 0.2) is 11.2 Å². The minimum absolute atomic E-state index is 0.367. The van der Waals surface area contributed by atoms with E-state index in [0.717, 1.165) is 11.3 Å². The normalized spacial score (nSPS) is 11.0. The SMILES string of the molecule is COc1cccc(Cn2cnc3c2c(=O)[nH]c(=O)n3C)c1.